The molecular weight excluding hydrogens is 476 g/mol. The molecule has 0 unspecified atom stereocenters. The van der Waals surface area contributed by atoms with Crippen LogP contribution >= 0.6 is 23.5 Å². The number of thioether (sulfide) groups is 2. The molecule has 0 spiro atoms. The maximum atomic E-state index is 13.1. The number of hydrogen-bond donors (Lipinski definition) is 0. The molecule has 174 valence electrons. The summed E-state index contributed by atoms with van der Waals surface area (Å²) in [7, 11) is 0. The van der Waals surface area contributed by atoms with Gasteiger partial charge in [0.05, 0.1) is 19.7 Å². The lowest BCUT2D eigenvalue weighted by atomic mass is 10.1. The van der Waals surface area contributed by atoms with E-state index in [0.29, 0.717) is 15.4 Å². The van der Waals surface area contributed by atoms with Crippen molar-refractivity contribution >= 4 is 58.6 Å². The van der Waals surface area contributed by atoms with Gasteiger partial charge in [0.1, 0.15) is 0 Å². The minimum Gasteiger partial charge on any atom is -0.289 e. The minimum atomic E-state index is -0.520. The van der Waals surface area contributed by atoms with Crippen LogP contribution in [0.25, 0.3) is 12.2 Å². The van der Waals surface area contributed by atoms with E-state index in [1.165, 1.54) is 84.2 Å². The second kappa shape index (κ2) is 12.1. The molecular formula is C24H20N2O6S2. The first-order valence-electron chi connectivity index (χ1n) is 10.3. The van der Waals surface area contributed by atoms with Crippen molar-refractivity contribution in [2.75, 3.05) is 11.5 Å². The Bertz CT molecular complexity index is 1130. The molecule has 0 N–H and O–H groups in total. The first-order valence-corrected chi connectivity index (χ1v) is 12.3. The lowest BCUT2D eigenvalue weighted by Crippen LogP contribution is -2.10. The zero-order chi connectivity index (χ0) is 24.5. The van der Waals surface area contributed by atoms with Crippen LogP contribution < -0.4 is 0 Å². The number of nitro groups is 2. The fourth-order valence-corrected chi connectivity index (χ4v) is 5.63. The number of nitrogens with zero attached hydrogens (tertiary/aromatic N) is 2. The third-order valence-corrected chi connectivity index (χ3v) is 7.34. The Morgan fingerprint density at radius 2 is 1.21 bits per heavy atom. The van der Waals surface area contributed by atoms with Gasteiger partial charge in [0.25, 0.3) is 11.4 Å². The number of ketones is 2. The third-order valence-electron chi connectivity index (χ3n) is 4.72. The van der Waals surface area contributed by atoms with Crippen LogP contribution in [0.5, 0.6) is 0 Å². The van der Waals surface area contributed by atoms with Crippen LogP contribution in [-0.4, -0.2) is 32.9 Å². The largest absolute Gasteiger partial charge is 0.289 e. The number of non-ortho nitro benzene ring substituents is 2. The Kier molecular flexibility index (Phi) is 8.94. The van der Waals surface area contributed by atoms with Crippen LogP contribution in [0.1, 0.15) is 24.0 Å². The number of hydrogen-bond acceptors (Lipinski definition) is 8. The summed E-state index contributed by atoms with van der Waals surface area (Å²) >= 11 is 2.92. The Morgan fingerprint density at radius 3 is 1.62 bits per heavy atom. The van der Waals surface area contributed by atoms with E-state index in [2.05, 4.69) is 0 Å². The van der Waals surface area contributed by atoms with Crippen molar-refractivity contribution in [3.63, 3.8) is 0 Å². The molecule has 1 fully saturated rings. The number of carbonyl (C=O) groups excluding carboxylic acids is 2. The van der Waals surface area contributed by atoms with Gasteiger partial charge in [0.2, 0.25) is 0 Å². The van der Waals surface area contributed by atoms with E-state index in [9.17, 15) is 29.8 Å². The predicted octanol–water partition coefficient (Wildman–Crippen LogP) is 5.84. The molecule has 10 heteroatoms. The topological polar surface area (TPSA) is 120 Å². The number of benzene rings is 2. The molecule has 8 nitrogen and oxygen atoms in total. The molecule has 0 saturated carbocycles. The fourth-order valence-electron chi connectivity index (χ4n) is 3.04. The molecule has 0 radical (unpaired) electrons. The van der Waals surface area contributed by atoms with Gasteiger partial charge in [0, 0.05) is 24.3 Å². The average Bonchev–Trinajstić information content (AvgIpc) is 3.11. The summed E-state index contributed by atoms with van der Waals surface area (Å²) in [6.45, 7) is 0. The van der Waals surface area contributed by atoms with Crippen LogP contribution in [0.4, 0.5) is 11.4 Å². The van der Waals surface area contributed by atoms with Gasteiger partial charge in [0.15, 0.2) is 11.6 Å². The van der Waals surface area contributed by atoms with Crippen LogP contribution in [0.3, 0.4) is 0 Å². The van der Waals surface area contributed by atoms with E-state index in [0.717, 1.165) is 24.3 Å². The van der Waals surface area contributed by atoms with Crippen molar-refractivity contribution in [3.05, 3.63) is 102 Å². The first-order chi connectivity index (χ1) is 16.3. The third kappa shape index (κ3) is 7.00. The van der Waals surface area contributed by atoms with Crippen LogP contribution in [-0.2, 0) is 9.59 Å². The molecule has 2 aromatic rings. The number of nitro benzene ring substituents is 2. The number of carbonyl (C=O) groups is 2. The van der Waals surface area contributed by atoms with E-state index in [4.69, 9.17) is 0 Å². The Balaban J connectivity index is 1.90. The minimum absolute atomic E-state index is 0.0280. The predicted molar refractivity (Wildman–Crippen MR) is 135 cm³/mol. The zero-order valence-electron chi connectivity index (χ0n) is 17.9. The lowest BCUT2D eigenvalue weighted by molar-refractivity contribution is -0.385. The van der Waals surface area contributed by atoms with E-state index < -0.39 is 21.4 Å². The second-order valence-electron chi connectivity index (χ2n) is 7.17. The fraction of sp³-hybridized carbons (Fsp3) is 0.167. The summed E-state index contributed by atoms with van der Waals surface area (Å²) < 4.78 is 0.639. The van der Waals surface area contributed by atoms with Gasteiger partial charge in [-0.25, -0.2) is 0 Å². The molecule has 1 aliphatic rings. The van der Waals surface area contributed by atoms with Crippen LogP contribution in [0, 0.1) is 20.2 Å². The Hall–Kier alpha value is -3.50. The van der Waals surface area contributed by atoms with Gasteiger partial charge in [-0.15, -0.1) is 23.5 Å². The van der Waals surface area contributed by atoms with Gasteiger partial charge < -0.3 is 0 Å². The van der Waals surface area contributed by atoms with Gasteiger partial charge in [-0.2, -0.15) is 0 Å². The normalized spacial score (nSPS) is 14.2. The maximum absolute atomic E-state index is 13.1. The molecule has 2 aromatic carbocycles. The highest BCUT2D eigenvalue weighted by Gasteiger charge is 2.22. The van der Waals surface area contributed by atoms with E-state index in [1.807, 2.05) is 0 Å². The molecule has 0 amide bonds. The van der Waals surface area contributed by atoms with Crippen molar-refractivity contribution in [2.45, 2.75) is 12.8 Å². The molecule has 3 rings (SSSR count). The zero-order valence-corrected chi connectivity index (χ0v) is 19.6. The Labute approximate surface area is 204 Å². The van der Waals surface area contributed by atoms with Crippen molar-refractivity contribution in [3.8, 4) is 0 Å². The number of allylic oxidation sites excluding steroid dienone is 3. The number of rotatable bonds is 8. The Morgan fingerprint density at radius 1 is 0.765 bits per heavy atom. The SMILES string of the molecule is O=C(/C=C/c1cccc([N+](=O)[O-])c1)C(C(=O)/C=C/c1cccc([N+](=O)[O-])c1)=C1SCCCCS1. The smallest absolute Gasteiger partial charge is 0.270 e. The molecule has 0 aromatic heterocycles. The summed E-state index contributed by atoms with van der Waals surface area (Å²) in [6.07, 6.45) is 7.33. The van der Waals surface area contributed by atoms with E-state index in [-0.39, 0.29) is 16.9 Å². The first kappa shape index (κ1) is 25.1. The van der Waals surface area contributed by atoms with Crippen molar-refractivity contribution < 1.29 is 19.4 Å². The van der Waals surface area contributed by atoms with Crippen molar-refractivity contribution in [1.82, 2.24) is 0 Å². The van der Waals surface area contributed by atoms with Crippen LogP contribution in [0.15, 0.2) is 70.5 Å². The van der Waals surface area contributed by atoms with E-state index >= 15 is 0 Å². The summed E-state index contributed by atoms with van der Waals surface area (Å²) in [5.41, 5.74) is 0.763. The molecule has 1 heterocycles. The average molecular weight is 497 g/mol. The summed E-state index contributed by atoms with van der Waals surface area (Å²) in [5, 5.41) is 22.0. The van der Waals surface area contributed by atoms with Gasteiger partial charge in [-0.3, -0.25) is 29.8 Å². The molecule has 0 bridgehead atoms. The van der Waals surface area contributed by atoms with E-state index in [1.54, 1.807) is 12.1 Å². The highest BCUT2D eigenvalue weighted by Crippen LogP contribution is 2.37. The maximum Gasteiger partial charge on any atom is 0.270 e. The monoisotopic (exact) mass is 496 g/mol. The van der Waals surface area contributed by atoms with Crippen molar-refractivity contribution in [1.29, 1.82) is 0 Å². The molecule has 1 saturated heterocycles. The van der Waals surface area contributed by atoms with Crippen LogP contribution in [0.2, 0.25) is 0 Å². The van der Waals surface area contributed by atoms with Gasteiger partial charge in [-0.1, -0.05) is 36.4 Å². The van der Waals surface area contributed by atoms with Gasteiger partial charge in [-0.05, 0) is 47.6 Å². The molecule has 34 heavy (non-hydrogen) atoms. The summed E-state index contributed by atoms with van der Waals surface area (Å²) in [5.74, 6) is 0.569. The molecule has 0 aliphatic carbocycles. The lowest BCUT2D eigenvalue weighted by Gasteiger charge is -2.08. The van der Waals surface area contributed by atoms with Gasteiger partial charge >= 0.3 is 0 Å². The summed E-state index contributed by atoms with van der Waals surface area (Å²) in [4.78, 5) is 47.1. The van der Waals surface area contributed by atoms with Crippen molar-refractivity contribution in [2.24, 2.45) is 0 Å². The highest BCUT2D eigenvalue weighted by atomic mass is 32.2. The highest BCUT2D eigenvalue weighted by molar-refractivity contribution is 8.22. The molecule has 0 atom stereocenters. The quantitative estimate of drug-likeness (QED) is 0.147. The molecule has 1 aliphatic heterocycles. The summed E-state index contributed by atoms with van der Waals surface area (Å²) in [6, 6.07) is 11.7. The second-order valence-corrected chi connectivity index (χ2v) is 9.63. The standard InChI is InChI=1S/C24H20N2O6S2/c27-21(11-9-17-5-3-7-19(15-17)25(29)30)23(24-33-13-1-2-14-34-24)22(28)12-10-18-6-4-8-20(16-18)26(31)32/h3-12,15-16H,1-2,13-14H2/b11-9+,12-10+.